The van der Waals surface area contributed by atoms with Gasteiger partial charge in [0.05, 0.1) is 19.3 Å². The molecule has 0 radical (unpaired) electrons. The lowest BCUT2D eigenvalue weighted by atomic mass is 9.96. The van der Waals surface area contributed by atoms with Gasteiger partial charge in [-0.2, -0.15) is 4.31 Å². The molecule has 0 bridgehead atoms. The minimum Gasteiger partial charge on any atom is -0.350 e. The predicted octanol–water partition coefficient (Wildman–Crippen LogP) is -0.950. The van der Waals surface area contributed by atoms with Crippen molar-refractivity contribution < 1.29 is 27.2 Å². The van der Waals surface area contributed by atoms with Crippen molar-refractivity contribution in [2.24, 2.45) is 0 Å². The predicted molar refractivity (Wildman–Crippen MR) is 98.8 cm³/mol. The molecule has 1 atom stereocenters. The van der Waals surface area contributed by atoms with Crippen LogP contribution in [0.5, 0.6) is 0 Å². The molecule has 1 heterocycles. The van der Waals surface area contributed by atoms with Crippen LogP contribution in [0.25, 0.3) is 0 Å². The largest absolute Gasteiger partial charge is 0.350 e. The molecule has 154 valence electrons. The summed E-state index contributed by atoms with van der Waals surface area (Å²) in [5, 5.41) is 5.01. The molecule has 2 rings (SSSR count). The van der Waals surface area contributed by atoms with E-state index in [0.717, 1.165) is 10.6 Å². The lowest BCUT2D eigenvalue weighted by molar-refractivity contribution is -0.150. The Kier molecular flexibility index (Phi) is 6.40. The van der Waals surface area contributed by atoms with E-state index in [-0.39, 0.29) is 32.0 Å². The summed E-state index contributed by atoms with van der Waals surface area (Å²) in [5.41, 5.74) is -0.759. The summed E-state index contributed by atoms with van der Waals surface area (Å²) in [4.78, 5) is 37.9. The van der Waals surface area contributed by atoms with Gasteiger partial charge in [0.2, 0.25) is 27.7 Å². The molecule has 1 unspecified atom stereocenters. The fraction of sp³-hybridized carbons (Fsp3) is 0.471. The van der Waals surface area contributed by atoms with Crippen LogP contribution in [0.4, 0.5) is 4.39 Å². The van der Waals surface area contributed by atoms with Crippen LogP contribution in [0, 0.1) is 5.82 Å². The first-order chi connectivity index (χ1) is 12.9. The Bertz CT molecular complexity index is 874. The molecule has 1 aromatic carbocycles. The Morgan fingerprint density at radius 1 is 1.21 bits per heavy atom. The third-order valence-electron chi connectivity index (χ3n) is 4.68. The first kappa shape index (κ1) is 21.8. The highest BCUT2D eigenvalue weighted by molar-refractivity contribution is 7.88. The molecule has 0 aliphatic carbocycles. The van der Waals surface area contributed by atoms with Gasteiger partial charge in [-0.1, -0.05) is 12.1 Å². The first-order valence-corrected chi connectivity index (χ1v) is 10.3. The van der Waals surface area contributed by atoms with E-state index in [9.17, 15) is 27.2 Å². The van der Waals surface area contributed by atoms with Gasteiger partial charge in [0, 0.05) is 20.1 Å². The molecule has 28 heavy (non-hydrogen) atoms. The van der Waals surface area contributed by atoms with E-state index in [1.165, 1.54) is 43.1 Å². The third-order valence-corrected chi connectivity index (χ3v) is 5.88. The van der Waals surface area contributed by atoms with E-state index in [4.69, 9.17) is 0 Å². The minimum absolute atomic E-state index is 0.159. The molecule has 1 aliphatic heterocycles. The number of carbonyl (C=O) groups excluding carboxylic acids is 3. The van der Waals surface area contributed by atoms with E-state index >= 15 is 0 Å². The van der Waals surface area contributed by atoms with Gasteiger partial charge >= 0.3 is 0 Å². The maximum Gasteiger partial charge on any atom is 0.247 e. The zero-order chi connectivity index (χ0) is 21.1. The second kappa shape index (κ2) is 8.23. The summed E-state index contributed by atoms with van der Waals surface area (Å²) in [5.74, 6) is -2.03. The van der Waals surface area contributed by atoms with Gasteiger partial charge in [-0.25, -0.2) is 12.8 Å². The maximum absolute atomic E-state index is 12.9. The minimum atomic E-state index is -3.66. The number of benzene rings is 1. The summed E-state index contributed by atoms with van der Waals surface area (Å²) in [7, 11) is -2.25. The Morgan fingerprint density at radius 3 is 2.39 bits per heavy atom. The van der Waals surface area contributed by atoms with Gasteiger partial charge in [0.1, 0.15) is 11.4 Å². The van der Waals surface area contributed by atoms with E-state index in [1.807, 2.05) is 0 Å². The molecule has 2 N–H and O–H groups in total. The second-order valence-electron chi connectivity index (χ2n) is 6.84. The summed E-state index contributed by atoms with van der Waals surface area (Å²) < 4.78 is 37.4. The third kappa shape index (κ3) is 5.04. The zero-order valence-electron chi connectivity index (χ0n) is 15.9. The number of hydrogen-bond acceptors (Lipinski definition) is 5. The van der Waals surface area contributed by atoms with Crippen LogP contribution >= 0.6 is 0 Å². The van der Waals surface area contributed by atoms with Crippen molar-refractivity contribution in [1.82, 2.24) is 19.8 Å². The molecule has 3 amide bonds. The number of hydrogen-bond donors (Lipinski definition) is 2. The molecule has 11 heteroatoms. The number of halogens is 1. The van der Waals surface area contributed by atoms with E-state index in [1.54, 1.807) is 0 Å². The van der Waals surface area contributed by atoms with E-state index < -0.39 is 33.3 Å². The van der Waals surface area contributed by atoms with Gasteiger partial charge in [-0.05, 0) is 24.6 Å². The number of piperazine rings is 1. The van der Waals surface area contributed by atoms with Crippen LogP contribution in [0.3, 0.4) is 0 Å². The second-order valence-corrected chi connectivity index (χ2v) is 8.83. The quantitative estimate of drug-likeness (QED) is 0.623. The topological polar surface area (TPSA) is 116 Å². The normalized spacial score (nSPS) is 20.7. The zero-order valence-corrected chi connectivity index (χ0v) is 16.7. The Labute approximate surface area is 162 Å². The number of rotatable bonds is 6. The molecule has 0 saturated carbocycles. The fourth-order valence-electron chi connectivity index (χ4n) is 2.71. The molecule has 0 spiro atoms. The van der Waals surface area contributed by atoms with Gasteiger partial charge in [-0.3, -0.25) is 14.4 Å². The Balaban J connectivity index is 1.95. The summed E-state index contributed by atoms with van der Waals surface area (Å²) >= 11 is 0. The summed E-state index contributed by atoms with van der Waals surface area (Å²) in [6.45, 7) is 0.699. The lowest BCUT2D eigenvalue weighted by Gasteiger charge is -2.44. The first-order valence-electron chi connectivity index (χ1n) is 8.45. The van der Waals surface area contributed by atoms with Crippen LogP contribution < -0.4 is 10.6 Å². The molecule has 9 nitrogen and oxygen atoms in total. The Morgan fingerprint density at radius 2 is 1.82 bits per heavy atom. The molecular formula is C17H23FN4O5S. The van der Waals surface area contributed by atoms with E-state index in [0.29, 0.717) is 5.56 Å². The van der Waals surface area contributed by atoms with Crippen molar-refractivity contribution in [2.75, 3.05) is 32.9 Å². The number of nitrogens with zero attached hydrogens (tertiary/aromatic N) is 2. The van der Waals surface area contributed by atoms with Crippen molar-refractivity contribution in [2.45, 2.75) is 19.0 Å². The number of nitrogens with one attached hydrogen (secondary N) is 2. The monoisotopic (exact) mass is 414 g/mol. The molecule has 1 aromatic rings. The molecule has 1 fully saturated rings. The van der Waals surface area contributed by atoms with Crippen LogP contribution in [0.15, 0.2) is 24.3 Å². The summed E-state index contributed by atoms with van der Waals surface area (Å²) in [6, 6.07) is 5.59. The smallest absolute Gasteiger partial charge is 0.247 e. The van der Waals surface area contributed by atoms with Gasteiger partial charge in [0.15, 0.2) is 0 Å². The van der Waals surface area contributed by atoms with Crippen LogP contribution in [-0.4, -0.2) is 73.8 Å². The van der Waals surface area contributed by atoms with Crippen molar-refractivity contribution in [3.63, 3.8) is 0 Å². The highest BCUT2D eigenvalue weighted by Gasteiger charge is 2.47. The highest BCUT2D eigenvalue weighted by atomic mass is 32.2. The highest BCUT2D eigenvalue weighted by Crippen LogP contribution is 2.22. The molecule has 0 aromatic heterocycles. The lowest BCUT2D eigenvalue weighted by Crippen LogP contribution is -2.68. The van der Waals surface area contributed by atoms with Crippen molar-refractivity contribution in [3.05, 3.63) is 35.6 Å². The number of carbonyl (C=O) groups is 3. The molecular weight excluding hydrogens is 391 g/mol. The summed E-state index contributed by atoms with van der Waals surface area (Å²) in [6.07, 6.45) is 0.965. The fourth-order valence-corrected chi connectivity index (χ4v) is 3.54. The van der Waals surface area contributed by atoms with Crippen LogP contribution in [-0.2, 0) is 31.0 Å². The Hall–Kier alpha value is -2.53. The average Bonchev–Trinajstić information content (AvgIpc) is 2.62. The van der Waals surface area contributed by atoms with Crippen molar-refractivity contribution in [1.29, 1.82) is 0 Å². The number of likely N-dealkylation sites (N-methyl/N-ethyl adjacent to an activating group) is 1. The van der Waals surface area contributed by atoms with Crippen molar-refractivity contribution >= 4 is 27.7 Å². The van der Waals surface area contributed by atoms with Crippen LogP contribution in [0.2, 0.25) is 0 Å². The molecule has 1 aliphatic rings. The van der Waals surface area contributed by atoms with Crippen molar-refractivity contribution in [3.8, 4) is 0 Å². The standard InChI is InChI=1S/C17H23FN4O5S/c1-17(11-22(28(3,26)27)10-15(24)21(17)2)16(25)20-9-14(23)19-8-12-4-6-13(18)7-5-12/h4-7H,8-11H2,1-3H3,(H,19,23)(H,20,25). The molecule has 1 saturated heterocycles. The van der Waals surface area contributed by atoms with Gasteiger partial charge in [0.25, 0.3) is 0 Å². The van der Waals surface area contributed by atoms with Crippen LogP contribution in [0.1, 0.15) is 12.5 Å². The number of amides is 3. The van der Waals surface area contributed by atoms with Gasteiger partial charge in [-0.15, -0.1) is 0 Å². The average molecular weight is 414 g/mol. The van der Waals surface area contributed by atoms with E-state index in [2.05, 4.69) is 10.6 Å². The van der Waals surface area contributed by atoms with Gasteiger partial charge < -0.3 is 15.5 Å². The SMILES string of the molecule is CN1C(=O)CN(S(C)(=O)=O)CC1(C)C(=O)NCC(=O)NCc1ccc(F)cc1. The number of sulfonamides is 1. The maximum atomic E-state index is 12.9.